The van der Waals surface area contributed by atoms with Crippen molar-refractivity contribution in [1.82, 2.24) is 0 Å². The van der Waals surface area contributed by atoms with Crippen LogP contribution in [-0.4, -0.2) is 25.6 Å². The molecule has 0 aromatic rings. The van der Waals surface area contributed by atoms with Gasteiger partial charge in [0.2, 0.25) is 0 Å². The number of hydrogen-bond acceptors (Lipinski definition) is 4. The van der Waals surface area contributed by atoms with Crippen molar-refractivity contribution >= 4 is 14.4 Å². The van der Waals surface area contributed by atoms with Gasteiger partial charge in [0.15, 0.2) is 0 Å². The van der Waals surface area contributed by atoms with Crippen LogP contribution < -0.4 is 0 Å². The summed E-state index contributed by atoms with van der Waals surface area (Å²) in [6.07, 6.45) is 0. The van der Waals surface area contributed by atoms with Gasteiger partial charge in [0.05, 0.1) is 19.8 Å². The van der Waals surface area contributed by atoms with Crippen LogP contribution in [0.3, 0.4) is 0 Å². The van der Waals surface area contributed by atoms with E-state index in [2.05, 4.69) is 0 Å². The second-order valence-corrected chi connectivity index (χ2v) is 3.61. The molecule has 0 aliphatic heterocycles. The number of hydrogen-bond donors (Lipinski definition) is 0. The highest BCUT2D eigenvalue weighted by atomic mass is 31.2. The van der Waals surface area contributed by atoms with Gasteiger partial charge in [-0.25, -0.2) is 0 Å². The average molecular weight is 224 g/mol. The Morgan fingerprint density at radius 3 is 1.29 bits per heavy atom. The van der Waals surface area contributed by atoms with E-state index in [-0.39, 0.29) is 5.78 Å². The minimum absolute atomic E-state index is 0.167. The maximum Gasteiger partial charge on any atom is 0.332 e. The standard InChI is InChI=1S/C6H15O3P.C3H6O/c1-4-7-10(8-5-2)9-6-3;1-3(2)4/h4-6H2,1-3H3;1-2H3. The fourth-order valence-corrected chi connectivity index (χ4v) is 1.28. The van der Waals surface area contributed by atoms with Crippen LogP contribution in [0.2, 0.25) is 0 Å². The Morgan fingerprint density at radius 1 is 0.929 bits per heavy atom. The first-order chi connectivity index (χ1) is 6.58. The summed E-state index contributed by atoms with van der Waals surface area (Å²) in [5.74, 6) is 0.167. The van der Waals surface area contributed by atoms with Gasteiger partial charge < -0.3 is 18.4 Å². The molecule has 0 aromatic carbocycles. The number of Topliss-reactive ketones (excluding diaryl/α,β-unsaturated/α-hetero) is 1. The zero-order valence-electron chi connectivity index (χ0n) is 9.70. The van der Waals surface area contributed by atoms with Crippen molar-refractivity contribution in [2.75, 3.05) is 19.8 Å². The zero-order valence-corrected chi connectivity index (χ0v) is 10.6. The summed E-state index contributed by atoms with van der Waals surface area (Å²) in [6, 6.07) is 0. The fraction of sp³-hybridized carbons (Fsp3) is 0.889. The lowest BCUT2D eigenvalue weighted by Gasteiger charge is -2.12. The second kappa shape index (κ2) is 13.0. The molecule has 0 amide bonds. The predicted octanol–water partition coefficient (Wildman–Crippen LogP) is 2.92. The molecule has 0 saturated heterocycles. The molecule has 0 rings (SSSR count). The van der Waals surface area contributed by atoms with E-state index in [0.29, 0.717) is 19.8 Å². The van der Waals surface area contributed by atoms with E-state index in [1.165, 1.54) is 13.8 Å². The van der Waals surface area contributed by atoms with Crippen LogP contribution in [0.5, 0.6) is 0 Å². The largest absolute Gasteiger partial charge is 0.332 e. The molecule has 0 N–H and O–H groups in total. The Bertz CT molecular complexity index is 112. The van der Waals surface area contributed by atoms with Crippen LogP contribution in [0.4, 0.5) is 0 Å². The van der Waals surface area contributed by atoms with Gasteiger partial charge in [-0.3, -0.25) is 0 Å². The second-order valence-electron chi connectivity index (χ2n) is 2.39. The lowest BCUT2D eigenvalue weighted by molar-refractivity contribution is -0.114. The van der Waals surface area contributed by atoms with Gasteiger partial charge >= 0.3 is 8.60 Å². The molecule has 0 saturated carbocycles. The van der Waals surface area contributed by atoms with E-state index in [1.54, 1.807) is 0 Å². The van der Waals surface area contributed by atoms with Crippen molar-refractivity contribution in [2.24, 2.45) is 0 Å². The van der Waals surface area contributed by atoms with Crippen LogP contribution in [0.1, 0.15) is 34.6 Å². The Balaban J connectivity index is 0. The van der Waals surface area contributed by atoms with E-state index in [4.69, 9.17) is 13.6 Å². The molecule has 0 aliphatic rings. The monoisotopic (exact) mass is 224 g/mol. The van der Waals surface area contributed by atoms with Gasteiger partial charge in [0.1, 0.15) is 5.78 Å². The Morgan fingerprint density at radius 2 is 1.14 bits per heavy atom. The van der Waals surface area contributed by atoms with Crippen molar-refractivity contribution in [3.63, 3.8) is 0 Å². The Labute approximate surface area is 87.9 Å². The minimum atomic E-state index is -1.06. The van der Waals surface area contributed by atoms with Crippen LogP contribution in [0.15, 0.2) is 0 Å². The van der Waals surface area contributed by atoms with Crippen LogP contribution in [0.25, 0.3) is 0 Å². The maximum absolute atomic E-state index is 9.44. The number of ketones is 1. The quantitative estimate of drug-likeness (QED) is 0.651. The molecule has 0 atom stereocenters. The third kappa shape index (κ3) is 17.9. The summed E-state index contributed by atoms with van der Waals surface area (Å²) >= 11 is 0. The highest BCUT2D eigenvalue weighted by Crippen LogP contribution is 2.38. The summed E-state index contributed by atoms with van der Waals surface area (Å²) in [6.45, 7) is 10.8. The smallest absolute Gasteiger partial charge is 0.313 e. The molecule has 0 radical (unpaired) electrons. The van der Waals surface area contributed by atoms with Crippen molar-refractivity contribution in [2.45, 2.75) is 34.6 Å². The molecule has 0 heterocycles. The van der Waals surface area contributed by atoms with E-state index in [0.717, 1.165) is 0 Å². The first kappa shape index (κ1) is 16.4. The third-order valence-corrected chi connectivity index (χ3v) is 2.11. The average Bonchev–Trinajstić information content (AvgIpc) is 2.04. The lowest BCUT2D eigenvalue weighted by atomic mass is 10.6. The molecule has 0 aliphatic carbocycles. The van der Waals surface area contributed by atoms with Crippen LogP contribution >= 0.6 is 8.60 Å². The molecule has 0 fully saturated rings. The van der Waals surface area contributed by atoms with Gasteiger partial charge in [0, 0.05) is 0 Å². The fourth-order valence-electron chi connectivity index (χ4n) is 0.428. The van der Waals surface area contributed by atoms with E-state index in [9.17, 15) is 4.79 Å². The van der Waals surface area contributed by atoms with Gasteiger partial charge in [-0.05, 0) is 34.6 Å². The molecule has 0 aromatic heterocycles. The van der Waals surface area contributed by atoms with Crippen molar-refractivity contribution in [3.05, 3.63) is 0 Å². The normalized spacial score (nSPS) is 9.57. The molecule has 5 heteroatoms. The molecule has 4 nitrogen and oxygen atoms in total. The van der Waals surface area contributed by atoms with Crippen LogP contribution in [0, 0.1) is 0 Å². The van der Waals surface area contributed by atoms with Gasteiger partial charge in [0.25, 0.3) is 0 Å². The van der Waals surface area contributed by atoms with Crippen molar-refractivity contribution in [1.29, 1.82) is 0 Å². The summed E-state index contributed by atoms with van der Waals surface area (Å²) in [5, 5.41) is 0. The topological polar surface area (TPSA) is 44.8 Å². The van der Waals surface area contributed by atoms with Gasteiger partial charge in [-0.2, -0.15) is 0 Å². The lowest BCUT2D eigenvalue weighted by Crippen LogP contribution is -1.94. The summed E-state index contributed by atoms with van der Waals surface area (Å²) in [5.41, 5.74) is 0. The molecule has 0 unspecified atom stereocenters. The molecule has 0 spiro atoms. The summed E-state index contributed by atoms with van der Waals surface area (Å²) < 4.78 is 15.4. The van der Waals surface area contributed by atoms with Crippen molar-refractivity contribution in [3.8, 4) is 0 Å². The SMILES string of the molecule is CC(C)=O.CCOP(OCC)OCC. The van der Waals surface area contributed by atoms with Gasteiger partial charge in [-0.15, -0.1) is 0 Å². The first-order valence-electron chi connectivity index (χ1n) is 4.74. The van der Waals surface area contributed by atoms with Crippen molar-refractivity contribution < 1.29 is 18.4 Å². The molecule has 0 bridgehead atoms. The Hall–Kier alpha value is -0.0200. The highest BCUT2D eigenvalue weighted by Gasteiger charge is 2.07. The van der Waals surface area contributed by atoms with E-state index < -0.39 is 8.60 Å². The first-order valence-corrected chi connectivity index (χ1v) is 5.83. The van der Waals surface area contributed by atoms with Gasteiger partial charge in [-0.1, -0.05) is 0 Å². The van der Waals surface area contributed by atoms with E-state index >= 15 is 0 Å². The minimum Gasteiger partial charge on any atom is -0.313 e. The summed E-state index contributed by atoms with van der Waals surface area (Å²) in [7, 11) is -1.06. The predicted molar refractivity (Wildman–Crippen MR) is 58.2 cm³/mol. The van der Waals surface area contributed by atoms with Crippen LogP contribution in [-0.2, 0) is 18.4 Å². The maximum atomic E-state index is 9.44. The molecule has 86 valence electrons. The molecular weight excluding hydrogens is 203 g/mol. The zero-order chi connectivity index (χ0) is 11.4. The molecular formula is C9H21O4P. The number of carbonyl (C=O) groups excluding carboxylic acids is 1. The Kier molecular flexibility index (Phi) is 15.2. The van der Waals surface area contributed by atoms with E-state index in [1.807, 2.05) is 20.8 Å². The highest BCUT2D eigenvalue weighted by molar-refractivity contribution is 7.41. The third-order valence-electron chi connectivity index (χ3n) is 0.704. The number of carbonyl (C=O) groups is 1. The number of rotatable bonds is 6. The molecule has 14 heavy (non-hydrogen) atoms. The summed E-state index contributed by atoms with van der Waals surface area (Å²) in [4.78, 5) is 9.44.